The Bertz CT molecular complexity index is 1270. The third kappa shape index (κ3) is 4.53. The number of carbonyl (C=O) groups excluding carboxylic acids is 1. The number of aromatic nitrogens is 3. The lowest BCUT2D eigenvalue weighted by molar-refractivity contribution is -0.116. The predicted molar refractivity (Wildman–Crippen MR) is 131 cm³/mol. The number of para-hydroxylation sites is 1. The van der Waals surface area contributed by atoms with Gasteiger partial charge in [0.1, 0.15) is 0 Å². The molecule has 0 atom stereocenters. The summed E-state index contributed by atoms with van der Waals surface area (Å²) in [5.74, 6) is 0.506. The zero-order valence-electron chi connectivity index (χ0n) is 18.4. The molecular weight excluding hydrogens is 468 g/mol. The number of fused-ring (bicyclic) bond motifs is 1. The number of aryl methyl sites for hydroxylation is 2. The second-order valence-electron chi connectivity index (χ2n) is 7.54. The lowest BCUT2D eigenvalue weighted by atomic mass is 10.0. The van der Waals surface area contributed by atoms with Crippen molar-refractivity contribution in [2.45, 2.75) is 33.6 Å². The molecule has 0 saturated carbocycles. The zero-order valence-corrected chi connectivity index (χ0v) is 19.9. The number of ether oxygens (including phenoxy) is 1. The minimum absolute atomic E-state index is 0.0539. The number of rotatable bonds is 7. The molecule has 0 bridgehead atoms. The summed E-state index contributed by atoms with van der Waals surface area (Å²) < 4.78 is 8.67. The first-order chi connectivity index (χ1) is 15.5. The van der Waals surface area contributed by atoms with Crippen LogP contribution in [0.1, 0.15) is 30.2 Å². The van der Waals surface area contributed by atoms with Crippen molar-refractivity contribution in [3.8, 4) is 11.6 Å². The van der Waals surface area contributed by atoms with Crippen LogP contribution in [0.15, 0.2) is 59.1 Å². The van der Waals surface area contributed by atoms with Crippen molar-refractivity contribution in [1.29, 1.82) is 0 Å². The molecule has 2 aromatic heterocycles. The van der Waals surface area contributed by atoms with Crippen LogP contribution in [-0.4, -0.2) is 27.3 Å². The molecule has 0 spiro atoms. The van der Waals surface area contributed by atoms with Crippen molar-refractivity contribution in [3.63, 3.8) is 0 Å². The van der Waals surface area contributed by atoms with Crippen LogP contribution in [0.2, 0.25) is 0 Å². The Morgan fingerprint density at radius 1 is 1.12 bits per heavy atom. The Labute approximate surface area is 195 Å². The molecule has 0 aliphatic heterocycles. The summed E-state index contributed by atoms with van der Waals surface area (Å²) in [7, 11) is 0. The highest BCUT2D eigenvalue weighted by Crippen LogP contribution is 2.32. The van der Waals surface area contributed by atoms with E-state index in [1.54, 1.807) is 0 Å². The number of benzene rings is 2. The molecule has 0 aliphatic rings. The Morgan fingerprint density at radius 3 is 2.62 bits per heavy atom. The zero-order chi connectivity index (χ0) is 22.7. The molecule has 0 saturated heterocycles. The van der Waals surface area contributed by atoms with Gasteiger partial charge in [0.05, 0.1) is 18.0 Å². The number of hydrogen-bond donors (Lipinski definition) is 1. The van der Waals surface area contributed by atoms with Crippen molar-refractivity contribution in [2.75, 3.05) is 11.9 Å². The molecule has 6 nitrogen and oxygen atoms in total. The third-order valence-corrected chi connectivity index (χ3v) is 5.81. The summed E-state index contributed by atoms with van der Waals surface area (Å²) in [4.78, 5) is 17.4. The summed E-state index contributed by atoms with van der Waals surface area (Å²) in [6.45, 7) is 6.47. The maximum Gasteiger partial charge on any atom is 0.224 e. The van der Waals surface area contributed by atoms with Gasteiger partial charge in [0.25, 0.3) is 0 Å². The van der Waals surface area contributed by atoms with Crippen LogP contribution in [0.3, 0.4) is 0 Å². The SMILES string of the molecule is CCOc1nc2c(c(C)nn2-c2ccccc2)c(C)c1CCC(=O)Nc1cccc(Br)c1. The molecule has 1 amide bonds. The third-order valence-electron chi connectivity index (χ3n) is 5.32. The molecule has 0 fully saturated rings. The summed E-state index contributed by atoms with van der Waals surface area (Å²) in [6.07, 6.45) is 0.854. The predicted octanol–water partition coefficient (Wildman–Crippen LogP) is 5.77. The van der Waals surface area contributed by atoms with Crippen LogP contribution < -0.4 is 10.1 Å². The lowest BCUT2D eigenvalue weighted by Gasteiger charge is -2.14. The fourth-order valence-corrected chi connectivity index (χ4v) is 4.26. The first kappa shape index (κ1) is 22.0. The molecule has 2 heterocycles. The molecule has 0 unspecified atom stereocenters. The van der Waals surface area contributed by atoms with E-state index in [1.807, 2.05) is 73.1 Å². The van der Waals surface area contributed by atoms with E-state index < -0.39 is 0 Å². The van der Waals surface area contributed by atoms with E-state index >= 15 is 0 Å². The van der Waals surface area contributed by atoms with Crippen molar-refractivity contribution in [2.24, 2.45) is 0 Å². The van der Waals surface area contributed by atoms with Crippen molar-refractivity contribution in [3.05, 3.63) is 75.9 Å². The average molecular weight is 493 g/mol. The first-order valence-electron chi connectivity index (χ1n) is 10.6. The van der Waals surface area contributed by atoms with E-state index in [0.29, 0.717) is 25.3 Å². The summed E-state index contributed by atoms with van der Waals surface area (Å²) in [5, 5.41) is 8.69. The van der Waals surface area contributed by atoms with Gasteiger partial charge in [-0.3, -0.25) is 4.79 Å². The van der Waals surface area contributed by atoms with Crippen molar-refractivity contribution < 1.29 is 9.53 Å². The molecule has 0 aliphatic carbocycles. The highest BCUT2D eigenvalue weighted by Gasteiger charge is 2.20. The van der Waals surface area contributed by atoms with Gasteiger partial charge in [-0.15, -0.1) is 0 Å². The van der Waals surface area contributed by atoms with Crippen LogP contribution in [0.5, 0.6) is 5.88 Å². The smallest absolute Gasteiger partial charge is 0.224 e. The van der Waals surface area contributed by atoms with E-state index in [9.17, 15) is 4.79 Å². The number of hydrogen-bond acceptors (Lipinski definition) is 4. The van der Waals surface area contributed by atoms with Crippen LogP contribution in [0, 0.1) is 13.8 Å². The molecule has 32 heavy (non-hydrogen) atoms. The Balaban J connectivity index is 1.66. The number of amides is 1. The van der Waals surface area contributed by atoms with Gasteiger partial charge in [0.15, 0.2) is 5.65 Å². The lowest BCUT2D eigenvalue weighted by Crippen LogP contribution is -2.13. The van der Waals surface area contributed by atoms with Crippen LogP contribution in [0.4, 0.5) is 5.69 Å². The molecule has 4 aromatic rings. The van der Waals surface area contributed by atoms with Crippen LogP contribution >= 0.6 is 15.9 Å². The quantitative estimate of drug-likeness (QED) is 0.355. The highest BCUT2D eigenvalue weighted by molar-refractivity contribution is 9.10. The molecule has 7 heteroatoms. The summed E-state index contributed by atoms with van der Waals surface area (Å²) in [5.41, 5.74) is 5.36. The number of anilines is 1. The minimum atomic E-state index is -0.0539. The van der Waals surface area contributed by atoms with E-state index in [1.165, 1.54) is 0 Å². The Hall–Kier alpha value is -3.19. The second-order valence-corrected chi connectivity index (χ2v) is 8.46. The number of halogens is 1. The van der Waals surface area contributed by atoms with Gasteiger partial charge in [-0.05, 0) is 63.1 Å². The summed E-state index contributed by atoms with van der Waals surface area (Å²) in [6, 6.07) is 17.5. The van der Waals surface area contributed by atoms with Crippen LogP contribution in [0.25, 0.3) is 16.7 Å². The number of nitrogens with zero attached hydrogens (tertiary/aromatic N) is 3. The van der Waals surface area contributed by atoms with E-state index in [2.05, 4.69) is 28.2 Å². The van der Waals surface area contributed by atoms with Gasteiger partial charge in [-0.2, -0.15) is 10.1 Å². The van der Waals surface area contributed by atoms with Gasteiger partial charge < -0.3 is 10.1 Å². The van der Waals surface area contributed by atoms with Gasteiger partial charge in [-0.25, -0.2) is 4.68 Å². The second kappa shape index (κ2) is 9.53. The van der Waals surface area contributed by atoms with Gasteiger partial charge in [0.2, 0.25) is 11.8 Å². The molecule has 0 radical (unpaired) electrons. The van der Waals surface area contributed by atoms with E-state index in [0.717, 1.165) is 43.7 Å². The molecule has 2 aromatic carbocycles. The highest BCUT2D eigenvalue weighted by atomic mass is 79.9. The Kier molecular flexibility index (Phi) is 6.55. The van der Waals surface area contributed by atoms with Gasteiger partial charge in [-0.1, -0.05) is 40.2 Å². The van der Waals surface area contributed by atoms with E-state index in [4.69, 9.17) is 14.8 Å². The van der Waals surface area contributed by atoms with Gasteiger partial charge in [0, 0.05) is 27.5 Å². The largest absolute Gasteiger partial charge is 0.478 e. The topological polar surface area (TPSA) is 69.0 Å². The van der Waals surface area contributed by atoms with E-state index in [-0.39, 0.29) is 5.91 Å². The normalized spacial score (nSPS) is 11.0. The minimum Gasteiger partial charge on any atom is -0.478 e. The fourth-order valence-electron chi connectivity index (χ4n) is 3.86. The molecule has 4 rings (SSSR count). The van der Waals surface area contributed by atoms with Crippen molar-refractivity contribution in [1.82, 2.24) is 14.8 Å². The number of nitrogens with one attached hydrogen (secondary N) is 1. The molecule has 164 valence electrons. The monoisotopic (exact) mass is 492 g/mol. The molecular formula is C25H25BrN4O2. The maximum atomic E-state index is 12.6. The first-order valence-corrected chi connectivity index (χ1v) is 11.4. The standard InChI is InChI=1S/C25H25BrN4O2/c1-4-32-25-21(13-14-22(31)27-19-10-8-9-18(26)15-19)16(2)23-17(3)29-30(24(23)28-25)20-11-6-5-7-12-20/h5-12,15H,4,13-14H2,1-3H3,(H,27,31). The number of pyridine rings is 1. The van der Waals surface area contributed by atoms with Crippen molar-refractivity contribution >= 4 is 38.6 Å². The van der Waals surface area contributed by atoms with Crippen LogP contribution in [-0.2, 0) is 11.2 Å². The van der Waals surface area contributed by atoms with Gasteiger partial charge >= 0.3 is 0 Å². The number of carbonyl (C=O) groups is 1. The summed E-state index contributed by atoms with van der Waals surface area (Å²) >= 11 is 3.43. The molecule has 1 N–H and O–H groups in total. The fraction of sp³-hybridized carbons (Fsp3) is 0.240. The Morgan fingerprint density at radius 2 is 1.91 bits per heavy atom. The maximum absolute atomic E-state index is 12.6. The average Bonchev–Trinajstić information content (AvgIpc) is 3.10.